The van der Waals surface area contributed by atoms with E-state index in [2.05, 4.69) is 21.2 Å². The second kappa shape index (κ2) is 11.2. The van der Waals surface area contributed by atoms with Gasteiger partial charge in [-0.2, -0.15) is 0 Å². The first kappa shape index (κ1) is 26.4. The highest BCUT2D eigenvalue weighted by atomic mass is 79.9. The molecule has 3 aromatic carbocycles. The summed E-state index contributed by atoms with van der Waals surface area (Å²) in [4.78, 5) is 39.5. The predicted molar refractivity (Wildman–Crippen MR) is 146 cm³/mol. The van der Waals surface area contributed by atoms with Crippen LogP contribution in [0.3, 0.4) is 0 Å². The number of nitrogens with one attached hydrogen (secondary N) is 1. The Labute approximate surface area is 228 Å². The summed E-state index contributed by atoms with van der Waals surface area (Å²) in [5, 5.41) is 2.63. The van der Waals surface area contributed by atoms with E-state index in [1.807, 2.05) is 38.1 Å². The van der Waals surface area contributed by atoms with Crippen LogP contribution in [0.2, 0.25) is 5.02 Å². The Bertz CT molecular complexity index is 1440. The van der Waals surface area contributed by atoms with Gasteiger partial charge in [0.05, 0.1) is 16.8 Å². The summed E-state index contributed by atoms with van der Waals surface area (Å²) < 4.78 is 12.4. The third kappa shape index (κ3) is 5.70. The first-order valence-electron chi connectivity index (χ1n) is 11.5. The lowest BCUT2D eigenvalue weighted by atomic mass is 10.1. The number of rotatable bonds is 7. The molecular weight excluding hydrogens is 560 g/mol. The number of aryl methyl sites for hydroxylation is 1. The van der Waals surface area contributed by atoms with E-state index in [0.29, 0.717) is 51.0 Å². The Morgan fingerprint density at radius 2 is 1.78 bits per heavy atom. The number of anilines is 1. The smallest absolute Gasteiger partial charge is 0.335 e. The Hall–Kier alpha value is -3.62. The van der Waals surface area contributed by atoms with E-state index in [1.54, 1.807) is 37.3 Å². The molecule has 0 spiro atoms. The molecule has 3 aromatic rings. The highest BCUT2D eigenvalue weighted by molar-refractivity contribution is 9.10. The molecule has 9 heteroatoms. The molecule has 1 N–H and O–H groups in total. The van der Waals surface area contributed by atoms with Crippen LogP contribution in [0.5, 0.6) is 11.5 Å². The standard InChI is InChI=1S/C28H24BrClN2O5/c1-4-36-24-14-19(13-21(29)25(24)37-15-18-8-5-7-16(2)11-18)12-20-26(33)31-28(35)32(27(20)34)23-10-6-9-22(30)17(23)3/h5-14H,4,15H2,1-3H3,(H,31,33,35)/b20-12+. The van der Waals surface area contributed by atoms with Crippen molar-refractivity contribution in [2.45, 2.75) is 27.4 Å². The van der Waals surface area contributed by atoms with Gasteiger partial charge >= 0.3 is 6.03 Å². The minimum absolute atomic E-state index is 0.207. The number of carbonyl (C=O) groups excluding carboxylic acids is 3. The van der Waals surface area contributed by atoms with E-state index >= 15 is 0 Å². The molecule has 7 nitrogen and oxygen atoms in total. The van der Waals surface area contributed by atoms with Gasteiger partial charge in [0.25, 0.3) is 11.8 Å². The van der Waals surface area contributed by atoms with Gasteiger partial charge in [-0.25, -0.2) is 9.69 Å². The normalized spacial score (nSPS) is 14.7. The molecule has 190 valence electrons. The van der Waals surface area contributed by atoms with Crippen molar-refractivity contribution in [1.29, 1.82) is 0 Å². The number of nitrogens with zero attached hydrogens (tertiary/aromatic N) is 1. The number of benzene rings is 3. The minimum Gasteiger partial charge on any atom is -0.490 e. The van der Waals surface area contributed by atoms with E-state index in [9.17, 15) is 14.4 Å². The first-order valence-corrected chi connectivity index (χ1v) is 12.7. The summed E-state index contributed by atoms with van der Waals surface area (Å²) in [5.74, 6) is -0.609. The molecule has 0 radical (unpaired) electrons. The molecule has 0 unspecified atom stereocenters. The lowest BCUT2D eigenvalue weighted by Crippen LogP contribution is -2.54. The fourth-order valence-electron chi connectivity index (χ4n) is 3.91. The summed E-state index contributed by atoms with van der Waals surface area (Å²) in [6.07, 6.45) is 1.41. The molecule has 0 bridgehead atoms. The van der Waals surface area contributed by atoms with Crippen LogP contribution in [0, 0.1) is 13.8 Å². The quantitative estimate of drug-likeness (QED) is 0.258. The summed E-state index contributed by atoms with van der Waals surface area (Å²) in [6, 6.07) is 15.4. The summed E-state index contributed by atoms with van der Waals surface area (Å²) in [7, 11) is 0. The van der Waals surface area contributed by atoms with Gasteiger partial charge < -0.3 is 9.47 Å². The number of ether oxygens (including phenoxy) is 2. The SMILES string of the molecule is CCOc1cc(/C=C2\C(=O)NC(=O)N(c3cccc(Cl)c3C)C2=O)cc(Br)c1OCc1cccc(C)c1. The maximum Gasteiger partial charge on any atom is 0.335 e. The maximum atomic E-state index is 13.3. The average molecular weight is 584 g/mol. The summed E-state index contributed by atoms with van der Waals surface area (Å²) in [6.45, 7) is 6.26. The van der Waals surface area contributed by atoms with Gasteiger partial charge in [0.15, 0.2) is 11.5 Å². The molecule has 1 fully saturated rings. The summed E-state index contributed by atoms with van der Waals surface area (Å²) >= 11 is 9.72. The Kier molecular flexibility index (Phi) is 8.00. The van der Waals surface area contributed by atoms with Gasteiger partial charge in [0, 0.05) is 5.02 Å². The van der Waals surface area contributed by atoms with Crippen LogP contribution in [0.4, 0.5) is 10.5 Å². The molecule has 37 heavy (non-hydrogen) atoms. The van der Waals surface area contributed by atoms with E-state index in [1.165, 1.54) is 6.08 Å². The number of barbiturate groups is 1. The fraction of sp³-hybridized carbons (Fsp3) is 0.179. The third-order valence-electron chi connectivity index (χ3n) is 5.69. The van der Waals surface area contributed by atoms with Crippen LogP contribution in [-0.2, 0) is 16.2 Å². The molecule has 0 saturated carbocycles. The fourth-order valence-corrected chi connectivity index (χ4v) is 4.66. The highest BCUT2D eigenvalue weighted by Gasteiger charge is 2.37. The third-order valence-corrected chi connectivity index (χ3v) is 6.69. The van der Waals surface area contributed by atoms with Crippen molar-refractivity contribution in [2.75, 3.05) is 11.5 Å². The molecular formula is C28H24BrClN2O5. The number of imide groups is 2. The van der Waals surface area contributed by atoms with Crippen molar-refractivity contribution in [2.24, 2.45) is 0 Å². The van der Waals surface area contributed by atoms with Crippen LogP contribution in [0.25, 0.3) is 6.08 Å². The lowest BCUT2D eigenvalue weighted by Gasteiger charge is -2.27. The van der Waals surface area contributed by atoms with Gasteiger partial charge in [-0.15, -0.1) is 0 Å². The van der Waals surface area contributed by atoms with Gasteiger partial charge in [-0.3, -0.25) is 14.9 Å². The number of urea groups is 1. The number of amides is 4. The maximum absolute atomic E-state index is 13.3. The van der Waals surface area contributed by atoms with Crippen LogP contribution < -0.4 is 19.7 Å². The minimum atomic E-state index is -0.839. The number of hydrogen-bond donors (Lipinski definition) is 1. The van der Waals surface area contributed by atoms with Crippen molar-refractivity contribution in [1.82, 2.24) is 5.32 Å². The molecule has 0 aromatic heterocycles. The van der Waals surface area contributed by atoms with Gasteiger partial charge in [0.2, 0.25) is 0 Å². The zero-order valence-corrected chi connectivity index (χ0v) is 22.8. The zero-order chi connectivity index (χ0) is 26.7. The number of hydrogen-bond acceptors (Lipinski definition) is 5. The number of halogens is 2. The van der Waals surface area contributed by atoms with Crippen LogP contribution >= 0.6 is 27.5 Å². The molecule has 4 rings (SSSR count). The van der Waals surface area contributed by atoms with E-state index in [-0.39, 0.29) is 5.57 Å². The zero-order valence-electron chi connectivity index (χ0n) is 20.4. The Balaban J connectivity index is 1.68. The van der Waals surface area contributed by atoms with E-state index in [0.717, 1.165) is 16.0 Å². The van der Waals surface area contributed by atoms with Crippen LogP contribution in [0.1, 0.15) is 29.2 Å². The Morgan fingerprint density at radius 3 is 2.51 bits per heavy atom. The average Bonchev–Trinajstić information content (AvgIpc) is 2.84. The van der Waals surface area contributed by atoms with Crippen molar-refractivity contribution in [3.63, 3.8) is 0 Å². The first-order chi connectivity index (χ1) is 17.7. The van der Waals surface area contributed by atoms with Gasteiger partial charge in [-0.05, 0) is 83.7 Å². The lowest BCUT2D eigenvalue weighted by molar-refractivity contribution is -0.122. The highest BCUT2D eigenvalue weighted by Crippen LogP contribution is 2.38. The largest absolute Gasteiger partial charge is 0.490 e. The molecule has 1 aliphatic rings. The van der Waals surface area contributed by atoms with E-state index < -0.39 is 17.8 Å². The van der Waals surface area contributed by atoms with E-state index in [4.69, 9.17) is 21.1 Å². The molecule has 4 amide bonds. The van der Waals surface area contributed by atoms with Crippen molar-refractivity contribution >= 4 is 57.1 Å². The molecule has 0 aliphatic carbocycles. The second-order valence-corrected chi connectivity index (χ2v) is 9.64. The van der Waals surface area contributed by atoms with Crippen LogP contribution in [0.15, 0.2) is 64.6 Å². The Morgan fingerprint density at radius 1 is 1.03 bits per heavy atom. The number of carbonyl (C=O) groups is 3. The second-order valence-electron chi connectivity index (χ2n) is 8.38. The van der Waals surface area contributed by atoms with Gasteiger partial charge in [0.1, 0.15) is 12.2 Å². The molecule has 1 heterocycles. The summed E-state index contributed by atoms with van der Waals surface area (Å²) in [5.41, 5.74) is 3.27. The predicted octanol–water partition coefficient (Wildman–Crippen LogP) is 6.36. The van der Waals surface area contributed by atoms with Gasteiger partial charge in [-0.1, -0.05) is 47.5 Å². The topological polar surface area (TPSA) is 84.9 Å². The monoisotopic (exact) mass is 582 g/mol. The van der Waals surface area contributed by atoms with Crippen LogP contribution in [-0.4, -0.2) is 24.5 Å². The molecule has 0 atom stereocenters. The molecule has 1 saturated heterocycles. The van der Waals surface area contributed by atoms with Crippen molar-refractivity contribution in [3.8, 4) is 11.5 Å². The van der Waals surface area contributed by atoms with Crippen molar-refractivity contribution in [3.05, 3.63) is 91.9 Å². The van der Waals surface area contributed by atoms with Crippen molar-refractivity contribution < 1.29 is 23.9 Å². The molecule has 1 aliphatic heterocycles.